The second-order valence-electron chi connectivity index (χ2n) is 4.63. The van der Waals surface area contributed by atoms with E-state index in [1.165, 1.54) is 0 Å². The van der Waals surface area contributed by atoms with Gasteiger partial charge in [-0.2, -0.15) is 0 Å². The summed E-state index contributed by atoms with van der Waals surface area (Å²) in [4.78, 5) is 23.7. The summed E-state index contributed by atoms with van der Waals surface area (Å²) < 4.78 is 0.640. The maximum atomic E-state index is 11.9. The van der Waals surface area contributed by atoms with Crippen molar-refractivity contribution >= 4 is 27.7 Å². The highest BCUT2D eigenvalue weighted by Crippen LogP contribution is 2.29. The van der Waals surface area contributed by atoms with Crippen molar-refractivity contribution in [2.75, 3.05) is 0 Å². The van der Waals surface area contributed by atoms with Gasteiger partial charge in [0.25, 0.3) is 11.8 Å². The van der Waals surface area contributed by atoms with Gasteiger partial charge in [0.05, 0.1) is 5.56 Å². The van der Waals surface area contributed by atoms with E-state index in [9.17, 15) is 14.7 Å². The third kappa shape index (κ3) is 3.13. The van der Waals surface area contributed by atoms with Gasteiger partial charge in [-0.25, -0.2) is 0 Å². The summed E-state index contributed by atoms with van der Waals surface area (Å²) in [5.74, 6) is -0.979. The summed E-state index contributed by atoms with van der Waals surface area (Å²) >= 11 is 3.26. The maximum absolute atomic E-state index is 11.9. The van der Waals surface area contributed by atoms with Crippen molar-refractivity contribution in [1.82, 2.24) is 10.9 Å². The number of amides is 2. The van der Waals surface area contributed by atoms with E-state index in [-0.39, 0.29) is 0 Å². The Morgan fingerprint density at radius 3 is 2.42 bits per heavy atom. The van der Waals surface area contributed by atoms with E-state index >= 15 is 0 Å². The highest BCUT2D eigenvalue weighted by molar-refractivity contribution is 9.10. The minimum atomic E-state index is -1.35. The Balaban J connectivity index is 1.94. The number of nitrogens with one attached hydrogen (secondary N) is 2. The second-order valence-corrected chi connectivity index (χ2v) is 5.48. The molecule has 6 heteroatoms. The first-order chi connectivity index (χ1) is 9.03. The van der Waals surface area contributed by atoms with Crippen LogP contribution >= 0.6 is 15.9 Å². The zero-order valence-corrected chi connectivity index (χ0v) is 11.9. The zero-order valence-electron chi connectivity index (χ0n) is 10.3. The summed E-state index contributed by atoms with van der Waals surface area (Å²) in [5, 5.41) is 10.0. The first kappa shape index (κ1) is 14.0. The number of hydrazine groups is 1. The van der Waals surface area contributed by atoms with Crippen LogP contribution in [0.25, 0.3) is 0 Å². The van der Waals surface area contributed by atoms with Crippen LogP contribution in [0.4, 0.5) is 0 Å². The number of rotatable bonds is 2. The highest BCUT2D eigenvalue weighted by atomic mass is 79.9. The molecule has 0 aromatic heterocycles. The molecule has 0 unspecified atom stereocenters. The van der Waals surface area contributed by atoms with E-state index in [0.29, 0.717) is 22.9 Å². The molecule has 0 aliphatic heterocycles. The molecule has 1 aromatic carbocycles. The topological polar surface area (TPSA) is 78.4 Å². The van der Waals surface area contributed by atoms with Gasteiger partial charge in [0.15, 0.2) is 0 Å². The number of aliphatic hydroxyl groups is 1. The quantitative estimate of drug-likeness (QED) is 0.721. The van der Waals surface area contributed by atoms with Gasteiger partial charge in [0, 0.05) is 4.47 Å². The fraction of sp³-hybridized carbons (Fsp3) is 0.385. The summed E-state index contributed by atoms with van der Waals surface area (Å²) in [6.07, 6.45) is 2.51. The van der Waals surface area contributed by atoms with Crippen molar-refractivity contribution in [3.8, 4) is 0 Å². The van der Waals surface area contributed by atoms with Crippen molar-refractivity contribution in [1.29, 1.82) is 0 Å². The molecule has 1 aliphatic rings. The van der Waals surface area contributed by atoms with Gasteiger partial charge in [-0.1, -0.05) is 12.1 Å². The Morgan fingerprint density at radius 1 is 1.16 bits per heavy atom. The Hall–Kier alpha value is -1.40. The van der Waals surface area contributed by atoms with E-state index in [4.69, 9.17) is 0 Å². The van der Waals surface area contributed by atoms with Gasteiger partial charge in [0.1, 0.15) is 5.60 Å². The van der Waals surface area contributed by atoms with Crippen LogP contribution in [0.1, 0.15) is 36.0 Å². The maximum Gasteiger partial charge on any atom is 0.270 e. The van der Waals surface area contributed by atoms with E-state index in [1.807, 2.05) is 0 Å². The Labute approximate surface area is 119 Å². The molecule has 0 bridgehead atoms. The molecular formula is C13H15BrN2O3. The number of hydrogen-bond acceptors (Lipinski definition) is 3. The lowest BCUT2D eigenvalue weighted by atomic mass is 10.0. The van der Waals surface area contributed by atoms with E-state index < -0.39 is 17.4 Å². The summed E-state index contributed by atoms with van der Waals surface area (Å²) in [6.45, 7) is 0. The minimum Gasteiger partial charge on any atom is -0.380 e. The SMILES string of the molecule is O=C(NNC(=O)C1(O)CCCC1)c1ccccc1Br. The van der Waals surface area contributed by atoms with E-state index in [1.54, 1.807) is 24.3 Å². The van der Waals surface area contributed by atoms with Crippen LogP contribution in [-0.2, 0) is 4.79 Å². The molecule has 2 amide bonds. The fourth-order valence-corrected chi connectivity index (χ4v) is 2.59. The third-order valence-corrected chi connectivity index (χ3v) is 3.95. The van der Waals surface area contributed by atoms with Crippen LogP contribution in [0.5, 0.6) is 0 Å². The lowest BCUT2D eigenvalue weighted by Crippen LogP contribution is -2.52. The number of hydrogen-bond donors (Lipinski definition) is 3. The second kappa shape index (κ2) is 5.71. The van der Waals surface area contributed by atoms with Crippen molar-refractivity contribution < 1.29 is 14.7 Å². The normalized spacial score (nSPS) is 16.9. The van der Waals surface area contributed by atoms with Gasteiger partial charge >= 0.3 is 0 Å². The van der Waals surface area contributed by atoms with Gasteiger partial charge in [0.2, 0.25) is 0 Å². The van der Waals surface area contributed by atoms with Crippen molar-refractivity contribution in [3.05, 3.63) is 34.3 Å². The predicted molar refractivity (Wildman–Crippen MR) is 73.2 cm³/mol. The first-order valence-corrected chi connectivity index (χ1v) is 6.90. The minimum absolute atomic E-state index is 0.418. The summed E-state index contributed by atoms with van der Waals surface area (Å²) in [5.41, 5.74) is 3.67. The van der Waals surface area contributed by atoms with E-state index in [0.717, 1.165) is 12.8 Å². The van der Waals surface area contributed by atoms with Gasteiger partial charge in [-0.15, -0.1) is 0 Å². The third-order valence-electron chi connectivity index (χ3n) is 3.26. The molecule has 3 N–H and O–H groups in total. The number of carbonyl (C=O) groups excluding carboxylic acids is 2. The largest absolute Gasteiger partial charge is 0.380 e. The van der Waals surface area contributed by atoms with Crippen LogP contribution in [0.15, 0.2) is 28.7 Å². The smallest absolute Gasteiger partial charge is 0.270 e. The first-order valence-electron chi connectivity index (χ1n) is 6.11. The molecule has 5 nitrogen and oxygen atoms in total. The van der Waals surface area contributed by atoms with Crippen molar-refractivity contribution in [2.24, 2.45) is 0 Å². The molecule has 19 heavy (non-hydrogen) atoms. The lowest BCUT2D eigenvalue weighted by molar-refractivity contribution is -0.139. The monoisotopic (exact) mass is 326 g/mol. The van der Waals surface area contributed by atoms with Crippen LogP contribution in [0.2, 0.25) is 0 Å². The van der Waals surface area contributed by atoms with Gasteiger partial charge in [-0.3, -0.25) is 20.4 Å². The molecule has 0 saturated heterocycles. The molecule has 0 radical (unpaired) electrons. The molecule has 0 atom stereocenters. The predicted octanol–water partition coefficient (Wildman–Crippen LogP) is 1.52. The zero-order chi connectivity index (χ0) is 13.9. The average molecular weight is 327 g/mol. The molecule has 0 spiro atoms. The summed E-state index contributed by atoms with van der Waals surface area (Å²) in [6, 6.07) is 6.89. The van der Waals surface area contributed by atoms with Gasteiger partial charge in [-0.05, 0) is 53.7 Å². The molecule has 2 rings (SSSR count). The van der Waals surface area contributed by atoms with Crippen LogP contribution in [0.3, 0.4) is 0 Å². The Kier molecular flexibility index (Phi) is 4.21. The Bertz CT molecular complexity index is 498. The fourth-order valence-electron chi connectivity index (χ4n) is 2.13. The molecule has 1 saturated carbocycles. The lowest BCUT2D eigenvalue weighted by Gasteiger charge is -2.21. The molecule has 0 heterocycles. The number of halogens is 1. The molecule has 1 aliphatic carbocycles. The van der Waals surface area contributed by atoms with Crippen molar-refractivity contribution in [2.45, 2.75) is 31.3 Å². The van der Waals surface area contributed by atoms with Crippen LogP contribution < -0.4 is 10.9 Å². The standard InChI is InChI=1S/C13H15BrN2O3/c14-10-6-2-1-5-9(10)11(17)15-16-12(18)13(19)7-3-4-8-13/h1-2,5-6,19H,3-4,7-8H2,(H,15,17)(H,16,18). The van der Waals surface area contributed by atoms with Crippen LogP contribution in [0, 0.1) is 0 Å². The van der Waals surface area contributed by atoms with Crippen molar-refractivity contribution in [3.63, 3.8) is 0 Å². The average Bonchev–Trinajstić information content (AvgIpc) is 2.84. The number of carbonyl (C=O) groups is 2. The number of benzene rings is 1. The molecule has 1 aromatic rings. The molecule has 102 valence electrons. The Morgan fingerprint density at radius 2 is 1.79 bits per heavy atom. The van der Waals surface area contributed by atoms with Crippen LogP contribution in [-0.4, -0.2) is 22.5 Å². The molecule has 1 fully saturated rings. The van der Waals surface area contributed by atoms with Gasteiger partial charge < -0.3 is 5.11 Å². The molecular weight excluding hydrogens is 312 g/mol. The summed E-state index contributed by atoms with van der Waals surface area (Å²) in [7, 11) is 0. The highest BCUT2D eigenvalue weighted by Gasteiger charge is 2.39. The van der Waals surface area contributed by atoms with E-state index in [2.05, 4.69) is 26.8 Å².